The van der Waals surface area contributed by atoms with E-state index in [0.717, 1.165) is 12.8 Å². The first-order valence-electron chi connectivity index (χ1n) is 2.94. The van der Waals surface area contributed by atoms with Gasteiger partial charge in [-0.25, -0.2) is 0 Å². The Morgan fingerprint density at radius 3 is 2.50 bits per heavy atom. The highest BCUT2D eigenvalue weighted by Gasteiger charge is 1.94. The normalized spacial score (nSPS) is 13.2. The van der Waals surface area contributed by atoms with Crippen molar-refractivity contribution >= 4 is 0 Å². The summed E-state index contributed by atoms with van der Waals surface area (Å²) in [5, 5.41) is 3.09. The van der Waals surface area contributed by atoms with Gasteiger partial charge in [-0.05, 0) is 13.5 Å². The van der Waals surface area contributed by atoms with E-state index in [9.17, 15) is 0 Å². The summed E-state index contributed by atoms with van der Waals surface area (Å²) >= 11 is 0. The van der Waals surface area contributed by atoms with E-state index >= 15 is 0 Å². The molecule has 1 atom stereocenters. The van der Waals surface area contributed by atoms with E-state index < -0.39 is 0 Å². The second kappa shape index (κ2) is 4.85. The molecule has 1 radical (unpaired) electrons. The topological polar surface area (TPSA) is 12.0 Å². The van der Waals surface area contributed by atoms with Crippen LogP contribution in [0.25, 0.3) is 0 Å². The van der Waals surface area contributed by atoms with Crippen LogP contribution in [0.3, 0.4) is 0 Å². The maximum absolute atomic E-state index is 3.73. The standard InChI is InChI=1S/C7H14N/c1-4-6-7(5-2)8-3/h5,7-8H,1-2,4,6H2,3H3. The Balaban J connectivity index is 3.21. The van der Waals surface area contributed by atoms with E-state index in [1.165, 1.54) is 0 Å². The molecule has 0 aliphatic heterocycles. The van der Waals surface area contributed by atoms with E-state index in [-0.39, 0.29) is 0 Å². The molecule has 1 N–H and O–H groups in total. The SMILES string of the molecule is [CH2]CCC(C=C)NC. The molecule has 1 heteroatoms. The van der Waals surface area contributed by atoms with Crippen LogP contribution < -0.4 is 5.32 Å². The second-order valence-electron chi connectivity index (χ2n) is 1.77. The quantitative estimate of drug-likeness (QED) is 0.542. The monoisotopic (exact) mass is 112 g/mol. The molecule has 0 aromatic rings. The maximum atomic E-state index is 3.73. The summed E-state index contributed by atoms with van der Waals surface area (Å²) in [5.41, 5.74) is 0. The van der Waals surface area contributed by atoms with Gasteiger partial charge in [0.2, 0.25) is 0 Å². The Bertz CT molecular complexity index is 59.4. The Morgan fingerprint density at radius 1 is 1.75 bits per heavy atom. The van der Waals surface area contributed by atoms with Crippen LogP contribution >= 0.6 is 0 Å². The summed E-state index contributed by atoms with van der Waals surface area (Å²) < 4.78 is 0. The zero-order valence-electron chi connectivity index (χ0n) is 5.48. The first kappa shape index (κ1) is 7.70. The summed E-state index contributed by atoms with van der Waals surface area (Å²) in [5.74, 6) is 0. The van der Waals surface area contributed by atoms with Crippen molar-refractivity contribution < 1.29 is 0 Å². The lowest BCUT2D eigenvalue weighted by Crippen LogP contribution is -2.21. The summed E-state index contributed by atoms with van der Waals surface area (Å²) in [6.45, 7) is 7.39. The molecule has 0 rings (SSSR count). The fourth-order valence-corrected chi connectivity index (χ4v) is 0.600. The molecule has 0 aromatic carbocycles. The molecular formula is C7H14N. The molecule has 0 saturated heterocycles. The Hall–Kier alpha value is -0.300. The van der Waals surface area contributed by atoms with Crippen LogP contribution in [0.5, 0.6) is 0 Å². The number of likely N-dealkylation sites (N-methyl/N-ethyl adjacent to an activating group) is 1. The molecule has 0 heterocycles. The maximum Gasteiger partial charge on any atom is 0.0244 e. The van der Waals surface area contributed by atoms with Crippen molar-refractivity contribution in [2.75, 3.05) is 7.05 Å². The van der Waals surface area contributed by atoms with Gasteiger partial charge >= 0.3 is 0 Å². The molecule has 0 bridgehead atoms. The molecule has 8 heavy (non-hydrogen) atoms. The molecule has 1 nitrogen and oxygen atoms in total. The van der Waals surface area contributed by atoms with Crippen LogP contribution in [0.4, 0.5) is 0 Å². The van der Waals surface area contributed by atoms with Gasteiger partial charge in [-0.3, -0.25) is 0 Å². The van der Waals surface area contributed by atoms with Crippen LogP contribution in [0.15, 0.2) is 12.7 Å². The molecule has 0 amide bonds. The summed E-state index contributed by atoms with van der Waals surface area (Å²) in [6.07, 6.45) is 3.96. The third-order valence-corrected chi connectivity index (χ3v) is 1.17. The lowest BCUT2D eigenvalue weighted by Gasteiger charge is -2.07. The molecule has 0 spiro atoms. The molecule has 0 aliphatic rings. The fraction of sp³-hybridized carbons (Fsp3) is 0.571. The van der Waals surface area contributed by atoms with E-state index in [1.54, 1.807) is 0 Å². The highest BCUT2D eigenvalue weighted by Crippen LogP contribution is 1.94. The van der Waals surface area contributed by atoms with Gasteiger partial charge in [0, 0.05) is 6.04 Å². The third-order valence-electron chi connectivity index (χ3n) is 1.17. The average molecular weight is 112 g/mol. The van der Waals surface area contributed by atoms with Crippen molar-refractivity contribution in [3.8, 4) is 0 Å². The molecular weight excluding hydrogens is 98.1 g/mol. The van der Waals surface area contributed by atoms with Gasteiger partial charge in [-0.15, -0.1) is 6.58 Å². The van der Waals surface area contributed by atoms with Gasteiger partial charge in [0.15, 0.2) is 0 Å². The van der Waals surface area contributed by atoms with E-state index in [0.29, 0.717) is 6.04 Å². The summed E-state index contributed by atoms with van der Waals surface area (Å²) in [4.78, 5) is 0. The van der Waals surface area contributed by atoms with E-state index in [4.69, 9.17) is 0 Å². The molecule has 0 fully saturated rings. The average Bonchev–Trinajstić information content (AvgIpc) is 1.83. The van der Waals surface area contributed by atoms with Gasteiger partial charge in [0.05, 0.1) is 0 Å². The Kier molecular flexibility index (Phi) is 4.67. The number of hydrogen-bond acceptors (Lipinski definition) is 1. The first-order chi connectivity index (χ1) is 3.85. The molecule has 47 valence electrons. The summed E-state index contributed by atoms with van der Waals surface area (Å²) in [6, 6.07) is 0.451. The minimum Gasteiger partial charge on any atom is -0.314 e. The Morgan fingerprint density at radius 2 is 2.38 bits per heavy atom. The van der Waals surface area contributed by atoms with Gasteiger partial charge < -0.3 is 5.32 Å². The van der Waals surface area contributed by atoms with Crippen molar-refractivity contribution in [3.05, 3.63) is 19.6 Å². The zero-order valence-corrected chi connectivity index (χ0v) is 5.48. The van der Waals surface area contributed by atoms with Crippen LogP contribution in [-0.4, -0.2) is 13.1 Å². The molecule has 0 aliphatic carbocycles. The zero-order chi connectivity index (χ0) is 6.41. The van der Waals surface area contributed by atoms with Crippen LogP contribution in [-0.2, 0) is 0 Å². The minimum absolute atomic E-state index is 0.451. The molecule has 0 aromatic heterocycles. The van der Waals surface area contributed by atoms with E-state index in [1.807, 2.05) is 13.1 Å². The van der Waals surface area contributed by atoms with Crippen molar-refractivity contribution in [2.24, 2.45) is 0 Å². The predicted octanol–water partition coefficient (Wildman–Crippen LogP) is 1.37. The second-order valence-corrected chi connectivity index (χ2v) is 1.77. The van der Waals surface area contributed by atoms with Gasteiger partial charge in [0.25, 0.3) is 0 Å². The predicted molar refractivity (Wildman–Crippen MR) is 37.6 cm³/mol. The molecule has 0 saturated carbocycles. The van der Waals surface area contributed by atoms with E-state index in [2.05, 4.69) is 18.8 Å². The van der Waals surface area contributed by atoms with Gasteiger partial charge in [-0.2, -0.15) is 0 Å². The largest absolute Gasteiger partial charge is 0.314 e. The van der Waals surface area contributed by atoms with Crippen LogP contribution in [0.2, 0.25) is 0 Å². The molecule has 1 unspecified atom stereocenters. The van der Waals surface area contributed by atoms with Crippen molar-refractivity contribution in [2.45, 2.75) is 18.9 Å². The van der Waals surface area contributed by atoms with Crippen molar-refractivity contribution in [3.63, 3.8) is 0 Å². The Labute approximate surface area is 51.8 Å². The van der Waals surface area contributed by atoms with Crippen molar-refractivity contribution in [1.82, 2.24) is 5.32 Å². The number of hydrogen-bond donors (Lipinski definition) is 1. The first-order valence-corrected chi connectivity index (χ1v) is 2.94. The minimum atomic E-state index is 0.451. The number of nitrogens with one attached hydrogen (secondary N) is 1. The van der Waals surface area contributed by atoms with Crippen molar-refractivity contribution in [1.29, 1.82) is 0 Å². The van der Waals surface area contributed by atoms with Gasteiger partial charge in [0.1, 0.15) is 0 Å². The fourth-order valence-electron chi connectivity index (χ4n) is 0.600. The highest BCUT2D eigenvalue weighted by molar-refractivity contribution is 4.83. The summed E-state index contributed by atoms with van der Waals surface area (Å²) in [7, 11) is 1.93. The lowest BCUT2D eigenvalue weighted by molar-refractivity contribution is 0.621. The van der Waals surface area contributed by atoms with Crippen LogP contribution in [0, 0.1) is 6.92 Å². The van der Waals surface area contributed by atoms with Gasteiger partial charge in [-0.1, -0.05) is 19.4 Å². The highest BCUT2D eigenvalue weighted by atomic mass is 14.8. The third kappa shape index (κ3) is 2.80. The van der Waals surface area contributed by atoms with Crippen LogP contribution in [0.1, 0.15) is 12.8 Å². The lowest BCUT2D eigenvalue weighted by atomic mass is 10.2. The number of rotatable bonds is 4. The smallest absolute Gasteiger partial charge is 0.0244 e.